The summed E-state index contributed by atoms with van der Waals surface area (Å²) >= 11 is 1.45. The molecule has 0 saturated carbocycles. The number of hydrogen-bond donors (Lipinski definition) is 2. The van der Waals surface area contributed by atoms with Gasteiger partial charge in [-0.25, -0.2) is 0 Å². The number of carbonyl (C=O) groups excluding carboxylic acids is 2. The summed E-state index contributed by atoms with van der Waals surface area (Å²) in [4.78, 5) is 23.7. The molecule has 9 heteroatoms. The minimum Gasteiger partial charge on any atom is -0.375 e. The molecule has 0 radical (unpaired) electrons. The fraction of sp³-hybridized carbons (Fsp3) is 0.250. The van der Waals surface area contributed by atoms with Crippen LogP contribution in [-0.4, -0.2) is 25.5 Å². The summed E-state index contributed by atoms with van der Waals surface area (Å²) < 4.78 is 43.9. The van der Waals surface area contributed by atoms with Crippen LogP contribution in [0.1, 0.15) is 17.2 Å². The van der Waals surface area contributed by atoms with Crippen LogP contribution in [0.4, 0.5) is 18.9 Å². The first-order valence-electron chi connectivity index (χ1n) is 7.13. The standard InChI is InChI=1S/C16H15F3N2O3S/c1-24-13(10-6-7-25-9-10)8-20-14(22)15(23)21-12-5-3-2-4-11(12)16(17,18)19/h2-7,9,13H,8H2,1H3,(H,20,22)(H,21,23)/t13-/m0/s1. The first-order valence-corrected chi connectivity index (χ1v) is 8.07. The van der Waals surface area contributed by atoms with Crippen LogP contribution in [0.5, 0.6) is 0 Å². The minimum absolute atomic E-state index is 0.0143. The van der Waals surface area contributed by atoms with E-state index in [1.165, 1.54) is 30.6 Å². The number of amides is 2. The number of para-hydroxylation sites is 1. The minimum atomic E-state index is -4.64. The highest BCUT2D eigenvalue weighted by atomic mass is 32.1. The highest BCUT2D eigenvalue weighted by Crippen LogP contribution is 2.34. The highest BCUT2D eigenvalue weighted by molar-refractivity contribution is 7.07. The van der Waals surface area contributed by atoms with E-state index < -0.39 is 35.3 Å². The summed E-state index contributed by atoms with van der Waals surface area (Å²) in [5.41, 5.74) is -0.670. The zero-order chi connectivity index (χ0) is 18.4. The second-order valence-corrected chi connectivity index (χ2v) is 5.77. The van der Waals surface area contributed by atoms with Gasteiger partial charge in [0.25, 0.3) is 0 Å². The van der Waals surface area contributed by atoms with E-state index in [9.17, 15) is 22.8 Å². The van der Waals surface area contributed by atoms with Gasteiger partial charge >= 0.3 is 18.0 Å². The molecular formula is C16H15F3N2O3S. The van der Waals surface area contributed by atoms with E-state index in [2.05, 4.69) is 5.32 Å². The maximum Gasteiger partial charge on any atom is 0.418 e. The van der Waals surface area contributed by atoms with Gasteiger partial charge in [-0.15, -0.1) is 0 Å². The molecular weight excluding hydrogens is 357 g/mol. The Morgan fingerprint density at radius 1 is 1.20 bits per heavy atom. The Morgan fingerprint density at radius 2 is 1.92 bits per heavy atom. The third-order valence-electron chi connectivity index (χ3n) is 3.33. The number of methoxy groups -OCH3 is 1. The first kappa shape index (κ1) is 18.9. The summed E-state index contributed by atoms with van der Waals surface area (Å²) in [5.74, 6) is -2.23. The van der Waals surface area contributed by atoms with E-state index in [0.717, 1.165) is 17.7 Å². The van der Waals surface area contributed by atoms with Crippen molar-refractivity contribution in [2.24, 2.45) is 0 Å². The van der Waals surface area contributed by atoms with Crippen molar-refractivity contribution in [2.75, 3.05) is 19.0 Å². The van der Waals surface area contributed by atoms with Crippen LogP contribution in [0.25, 0.3) is 0 Å². The number of alkyl halides is 3. The van der Waals surface area contributed by atoms with Crippen LogP contribution in [0, 0.1) is 0 Å². The van der Waals surface area contributed by atoms with Gasteiger partial charge in [0.1, 0.15) is 6.10 Å². The summed E-state index contributed by atoms with van der Waals surface area (Å²) in [6, 6.07) is 6.25. The van der Waals surface area contributed by atoms with Gasteiger partial charge in [0.15, 0.2) is 0 Å². The van der Waals surface area contributed by atoms with E-state index in [1.807, 2.05) is 22.1 Å². The lowest BCUT2D eigenvalue weighted by Crippen LogP contribution is -2.38. The third-order valence-corrected chi connectivity index (χ3v) is 4.04. The zero-order valence-electron chi connectivity index (χ0n) is 13.1. The topological polar surface area (TPSA) is 67.4 Å². The molecule has 0 spiro atoms. The van der Waals surface area contributed by atoms with Crippen molar-refractivity contribution in [3.05, 3.63) is 52.2 Å². The second kappa shape index (κ2) is 8.13. The lowest BCUT2D eigenvalue weighted by Gasteiger charge is -2.16. The van der Waals surface area contributed by atoms with E-state index in [0.29, 0.717) is 0 Å². The van der Waals surface area contributed by atoms with Crippen LogP contribution in [0.3, 0.4) is 0 Å². The predicted molar refractivity (Wildman–Crippen MR) is 87.2 cm³/mol. The predicted octanol–water partition coefficient (Wildman–Crippen LogP) is 3.21. The van der Waals surface area contributed by atoms with Gasteiger partial charge in [0.05, 0.1) is 11.3 Å². The molecule has 1 atom stereocenters. The number of rotatable bonds is 5. The maximum atomic E-state index is 12.9. The quantitative estimate of drug-likeness (QED) is 0.792. The van der Waals surface area contributed by atoms with Gasteiger partial charge in [0.2, 0.25) is 0 Å². The molecule has 0 aliphatic carbocycles. The Morgan fingerprint density at radius 3 is 2.52 bits per heavy atom. The Bertz CT molecular complexity index is 732. The lowest BCUT2D eigenvalue weighted by molar-refractivity contribution is -0.138. The monoisotopic (exact) mass is 372 g/mol. The number of nitrogens with one attached hydrogen (secondary N) is 2. The molecule has 0 unspecified atom stereocenters. The van der Waals surface area contributed by atoms with Gasteiger partial charge in [-0.05, 0) is 34.5 Å². The smallest absolute Gasteiger partial charge is 0.375 e. The summed E-state index contributed by atoms with van der Waals surface area (Å²) in [6.07, 6.45) is -5.09. The molecule has 1 heterocycles. The van der Waals surface area contributed by atoms with E-state index in [1.54, 1.807) is 0 Å². The Labute approximate surface area is 145 Å². The number of halogens is 3. The van der Waals surface area contributed by atoms with Crippen LogP contribution in [0.2, 0.25) is 0 Å². The molecule has 0 fully saturated rings. The van der Waals surface area contributed by atoms with Crippen LogP contribution in [0.15, 0.2) is 41.1 Å². The lowest BCUT2D eigenvalue weighted by atomic mass is 10.1. The maximum absolute atomic E-state index is 12.9. The van der Waals surface area contributed by atoms with Crippen LogP contribution >= 0.6 is 11.3 Å². The van der Waals surface area contributed by atoms with Gasteiger partial charge in [0, 0.05) is 13.7 Å². The van der Waals surface area contributed by atoms with Gasteiger partial charge in [-0.2, -0.15) is 24.5 Å². The van der Waals surface area contributed by atoms with E-state index in [-0.39, 0.29) is 6.54 Å². The van der Waals surface area contributed by atoms with Gasteiger partial charge in [-0.1, -0.05) is 12.1 Å². The summed E-state index contributed by atoms with van der Waals surface area (Å²) in [7, 11) is 1.45. The third kappa shape index (κ3) is 5.04. The average Bonchev–Trinajstić information content (AvgIpc) is 3.09. The largest absolute Gasteiger partial charge is 0.418 e. The zero-order valence-corrected chi connectivity index (χ0v) is 13.9. The van der Waals surface area contributed by atoms with Crippen molar-refractivity contribution in [3.8, 4) is 0 Å². The fourth-order valence-electron chi connectivity index (χ4n) is 2.08. The highest BCUT2D eigenvalue weighted by Gasteiger charge is 2.34. The molecule has 0 aliphatic rings. The number of thiophene rings is 1. The van der Waals surface area contributed by atoms with Crippen LogP contribution in [-0.2, 0) is 20.5 Å². The summed E-state index contributed by atoms with van der Waals surface area (Å²) in [6.45, 7) is 0.0143. The molecule has 2 amide bonds. The van der Waals surface area contributed by atoms with Crippen LogP contribution < -0.4 is 10.6 Å². The normalized spacial score (nSPS) is 12.5. The van der Waals surface area contributed by atoms with Gasteiger partial charge < -0.3 is 15.4 Å². The van der Waals surface area contributed by atoms with E-state index >= 15 is 0 Å². The Hall–Kier alpha value is -2.39. The molecule has 5 nitrogen and oxygen atoms in total. The van der Waals surface area contributed by atoms with E-state index in [4.69, 9.17) is 4.74 Å². The molecule has 1 aromatic heterocycles. The molecule has 2 rings (SSSR count). The van der Waals surface area contributed by atoms with Crippen molar-refractivity contribution in [1.29, 1.82) is 0 Å². The second-order valence-electron chi connectivity index (χ2n) is 4.99. The van der Waals surface area contributed by atoms with Crippen molar-refractivity contribution < 1.29 is 27.5 Å². The molecule has 2 aromatic rings. The molecule has 25 heavy (non-hydrogen) atoms. The van der Waals surface area contributed by atoms with Crippen molar-refractivity contribution in [1.82, 2.24) is 5.32 Å². The molecule has 134 valence electrons. The van der Waals surface area contributed by atoms with Crippen molar-refractivity contribution in [3.63, 3.8) is 0 Å². The Kier molecular flexibility index (Phi) is 6.16. The molecule has 2 N–H and O–H groups in total. The molecule has 0 aliphatic heterocycles. The first-order chi connectivity index (χ1) is 11.8. The number of benzene rings is 1. The number of hydrogen-bond acceptors (Lipinski definition) is 4. The fourth-order valence-corrected chi connectivity index (χ4v) is 2.78. The number of anilines is 1. The molecule has 0 saturated heterocycles. The summed E-state index contributed by atoms with van der Waals surface area (Å²) in [5, 5.41) is 8.00. The average molecular weight is 372 g/mol. The van der Waals surface area contributed by atoms with Crippen molar-refractivity contribution >= 4 is 28.8 Å². The number of ether oxygens (including phenoxy) is 1. The molecule has 1 aromatic carbocycles. The molecule has 0 bridgehead atoms. The number of carbonyl (C=O) groups is 2. The van der Waals surface area contributed by atoms with Crippen molar-refractivity contribution in [2.45, 2.75) is 12.3 Å². The SMILES string of the molecule is CO[C@@H](CNC(=O)C(=O)Nc1ccccc1C(F)(F)F)c1ccsc1. The van der Waals surface area contributed by atoms with Gasteiger partial charge in [-0.3, -0.25) is 9.59 Å². The Balaban J connectivity index is 1.98.